The largest absolute Gasteiger partial charge is 0.479 e. The molecule has 2 rings (SSSR count). The number of anilines is 1. The van der Waals surface area contributed by atoms with Gasteiger partial charge in [-0.05, 0) is 24.8 Å². The standard InChI is InChI=1S/C11H13N3O3S/c1-6-3-18-8-7(6)13-5-14-9(8)12-4-11(2,17)10(15)16/h3,5,17H,4H2,1-2H3,(H,15,16)(H,12,13,14). The number of aryl methyl sites for hydroxylation is 1. The van der Waals surface area contributed by atoms with Crippen LogP contribution in [0.2, 0.25) is 0 Å². The SMILES string of the molecule is Cc1csc2c(NCC(C)(O)C(=O)O)ncnc12. The molecule has 96 valence electrons. The van der Waals surface area contributed by atoms with Crippen LogP contribution >= 0.6 is 11.3 Å². The van der Waals surface area contributed by atoms with E-state index in [2.05, 4.69) is 15.3 Å². The smallest absolute Gasteiger partial charge is 0.337 e. The van der Waals surface area contributed by atoms with Crippen molar-refractivity contribution in [2.24, 2.45) is 0 Å². The van der Waals surface area contributed by atoms with Crippen molar-refractivity contribution in [3.05, 3.63) is 17.3 Å². The quantitative estimate of drug-likeness (QED) is 0.771. The Kier molecular flexibility index (Phi) is 3.18. The molecule has 6 nitrogen and oxygen atoms in total. The first-order valence-corrected chi connectivity index (χ1v) is 6.18. The Morgan fingerprint density at radius 2 is 2.28 bits per heavy atom. The second-order valence-corrected chi connectivity index (χ2v) is 5.13. The molecule has 1 atom stereocenters. The van der Waals surface area contributed by atoms with Crippen LogP contribution in [0.3, 0.4) is 0 Å². The van der Waals surface area contributed by atoms with E-state index in [1.807, 2.05) is 12.3 Å². The molecule has 1 unspecified atom stereocenters. The van der Waals surface area contributed by atoms with Gasteiger partial charge in [0.2, 0.25) is 0 Å². The molecule has 2 aromatic heterocycles. The van der Waals surface area contributed by atoms with Crippen LogP contribution in [0.15, 0.2) is 11.7 Å². The average molecular weight is 267 g/mol. The number of nitrogens with zero attached hydrogens (tertiary/aromatic N) is 2. The van der Waals surface area contributed by atoms with Crippen molar-refractivity contribution in [2.75, 3.05) is 11.9 Å². The first-order chi connectivity index (χ1) is 8.42. The Morgan fingerprint density at radius 1 is 1.56 bits per heavy atom. The van der Waals surface area contributed by atoms with Crippen molar-refractivity contribution in [2.45, 2.75) is 19.4 Å². The molecular formula is C11H13N3O3S. The van der Waals surface area contributed by atoms with E-state index in [1.165, 1.54) is 24.6 Å². The number of thiophene rings is 1. The zero-order chi connectivity index (χ0) is 13.3. The second kappa shape index (κ2) is 4.51. The van der Waals surface area contributed by atoms with Crippen molar-refractivity contribution in [3.8, 4) is 0 Å². The molecule has 0 aliphatic carbocycles. The summed E-state index contributed by atoms with van der Waals surface area (Å²) in [5.74, 6) is -0.734. The van der Waals surface area contributed by atoms with Crippen molar-refractivity contribution in [1.29, 1.82) is 0 Å². The third-order valence-corrected chi connectivity index (χ3v) is 3.69. The van der Waals surface area contributed by atoms with E-state index in [1.54, 1.807) is 0 Å². The normalized spacial score (nSPS) is 14.4. The molecule has 0 aliphatic rings. The number of carboxylic acids is 1. The van der Waals surface area contributed by atoms with Crippen LogP contribution in [0.1, 0.15) is 12.5 Å². The van der Waals surface area contributed by atoms with Gasteiger partial charge in [0.25, 0.3) is 0 Å². The van der Waals surface area contributed by atoms with Gasteiger partial charge in [-0.25, -0.2) is 14.8 Å². The Labute approximate surface area is 107 Å². The van der Waals surface area contributed by atoms with E-state index in [0.717, 1.165) is 15.8 Å². The minimum Gasteiger partial charge on any atom is -0.479 e. The summed E-state index contributed by atoms with van der Waals surface area (Å²) in [4.78, 5) is 19.0. The molecular weight excluding hydrogens is 254 g/mol. The van der Waals surface area contributed by atoms with Gasteiger partial charge in [-0.1, -0.05) is 0 Å². The fourth-order valence-electron chi connectivity index (χ4n) is 1.43. The van der Waals surface area contributed by atoms with E-state index in [-0.39, 0.29) is 6.54 Å². The van der Waals surface area contributed by atoms with Gasteiger partial charge in [0.15, 0.2) is 5.60 Å². The van der Waals surface area contributed by atoms with Gasteiger partial charge in [0, 0.05) is 0 Å². The van der Waals surface area contributed by atoms with Crippen LogP contribution in [0.4, 0.5) is 5.82 Å². The zero-order valence-corrected chi connectivity index (χ0v) is 10.8. The number of aliphatic carboxylic acids is 1. The number of hydrogen-bond acceptors (Lipinski definition) is 6. The second-order valence-electron chi connectivity index (χ2n) is 4.25. The minimum absolute atomic E-state index is 0.120. The zero-order valence-electron chi connectivity index (χ0n) is 9.97. The van der Waals surface area contributed by atoms with Gasteiger partial charge < -0.3 is 15.5 Å². The van der Waals surface area contributed by atoms with Gasteiger partial charge in [-0.3, -0.25) is 0 Å². The van der Waals surface area contributed by atoms with E-state index >= 15 is 0 Å². The van der Waals surface area contributed by atoms with E-state index < -0.39 is 11.6 Å². The summed E-state index contributed by atoms with van der Waals surface area (Å²) in [6.45, 7) is 3.06. The fraction of sp³-hybridized carbons (Fsp3) is 0.364. The Morgan fingerprint density at radius 3 is 2.94 bits per heavy atom. The number of aromatic nitrogens is 2. The Balaban J connectivity index is 2.25. The predicted octanol–water partition coefficient (Wildman–Crippen LogP) is 1.25. The molecule has 0 aliphatic heterocycles. The first-order valence-electron chi connectivity index (χ1n) is 5.30. The van der Waals surface area contributed by atoms with Crippen LogP contribution in [-0.2, 0) is 4.79 Å². The van der Waals surface area contributed by atoms with Crippen molar-refractivity contribution >= 4 is 33.3 Å². The highest BCUT2D eigenvalue weighted by molar-refractivity contribution is 7.18. The van der Waals surface area contributed by atoms with Crippen LogP contribution in [0.25, 0.3) is 10.2 Å². The van der Waals surface area contributed by atoms with Gasteiger partial charge >= 0.3 is 5.97 Å². The molecule has 3 N–H and O–H groups in total. The average Bonchev–Trinajstić information content (AvgIpc) is 2.69. The number of hydrogen-bond donors (Lipinski definition) is 3. The Bertz CT molecular complexity index is 594. The molecule has 0 fully saturated rings. The third-order valence-electron chi connectivity index (χ3n) is 2.59. The molecule has 2 aromatic rings. The van der Waals surface area contributed by atoms with Crippen LogP contribution in [0.5, 0.6) is 0 Å². The van der Waals surface area contributed by atoms with Crippen LogP contribution in [0, 0.1) is 6.92 Å². The van der Waals surface area contributed by atoms with Crippen molar-refractivity contribution < 1.29 is 15.0 Å². The van der Waals surface area contributed by atoms with Crippen molar-refractivity contribution in [3.63, 3.8) is 0 Å². The monoisotopic (exact) mass is 267 g/mol. The lowest BCUT2D eigenvalue weighted by Gasteiger charge is -2.18. The lowest BCUT2D eigenvalue weighted by molar-refractivity contribution is -0.155. The van der Waals surface area contributed by atoms with Crippen LogP contribution in [-0.4, -0.2) is 38.3 Å². The fourth-order valence-corrected chi connectivity index (χ4v) is 2.39. The van der Waals surface area contributed by atoms with E-state index in [4.69, 9.17) is 5.11 Å². The number of nitrogens with one attached hydrogen (secondary N) is 1. The van der Waals surface area contributed by atoms with Gasteiger partial charge in [0.1, 0.15) is 12.1 Å². The van der Waals surface area contributed by atoms with Crippen LogP contribution < -0.4 is 5.32 Å². The van der Waals surface area contributed by atoms with Gasteiger partial charge in [-0.15, -0.1) is 11.3 Å². The molecule has 0 aromatic carbocycles. The molecule has 0 amide bonds. The summed E-state index contributed by atoms with van der Waals surface area (Å²) < 4.78 is 0.858. The lowest BCUT2D eigenvalue weighted by Crippen LogP contribution is -2.41. The summed E-state index contributed by atoms with van der Waals surface area (Å²) in [6.07, 6.45) is 1.42. The molecule has 0 saturated heterocycles. The summed E-state index contributed by atoms with van der Waals surface area (Å²) in [5, 5.41) is 23.3. The Hall–Kier alpha value is -1.73. The van der Waals surface area contributed by atoms with Gasteiger partial charge in [0.05, 0.1) is 16.8 Å². The van der Waals surface area contributed by atoms with Crippen molar-refractivity contribution in [1.82, 2.24) is 9.97 Å². The maximum atomic E-state index is 10.8. The molecule has 0 radical (unpaired) electrons. The molecule has 7 heteroatoms. The summed E-state index contributed by atoms with van der Waals surface area (Å²) in [7, 11) is 0. The summed E-state index contributed by atoms with van der Waals surface area (Å²) in [5.41, 5.74) is 0.0572. The number of aliphatic hydroxyl groups is 1. The minimum atomic E-state index is -1.83. The first kappa shape index (κ1) is 12.7. The highest BCUT2D eigenvalue weighted by atomic mass is 32.1. The van der Waals surface area contributed by atoms with Gasteiger partial charge in [-0.2, -0.15) is 0 Å². The predicted molar refractivity (Wildman–Crippen MR) is 68.9 cm³/mol. The maximum absolute atomic E-state index is 10.8. The summed E-state index contributed by atoms with van der Waals surface area (Å²) in [6, 6.07) is 0. The van der Waals surface area contributed by atoms with E-state index in [0.29, 0.717) is 5.82 Å². The topological polar surface area (TPSA) is 95.3 Å². The molecule has 2 heterocycles. The van der Waals surface area contributed by atoms with E-state index in [9.17, 15) is 9.90 Å². The summed E-state index contributed by atoms with van der Waals surface area (Å²) >= 11 is 1.48. The molecule has 0 spiro atoms. The molecule has 0 saturated carbocycles. The lowest BCUT2D eigenvalue weighted by atomic mass is 10.1. The highest BCUT2D eigenvalue weighted by Gasteiger charge is 2.29. The number of carbonyl (C=O) groups is 1. The highest BCUT2D eigenvalue weighted by Crippen LogP contribution is 2.28. The molecule has 18 heavy (non-hydrogen) atoms. The number of carboxylic acid groups (broad SMARTS) is 1. The third kappa shape index (κ3) is 2.27. The number of fused-ring (bicyclic) bond motifs is 1. The number of rotatable bonds is 4. The maximum Gasteiger partial charge on any atom is 0.337 e. The molecule has 0 bridgehead atoms.